The summed E-state index contributed by atoms with van der Waals surface area (Å²) in [4.78, 5) is 20.6. The lowest BCUT2D eigenvalue weighted by molar-refractivity contribution is 0.102. The Morgan fingerprint density at radius 2 is 1.73 bits per heavy atom. The van der Waals surface area contributed by atoms with Gasteiger partial charge in [0.1, 0.15) is 5.75 Å². The van der Waals surface area contributed by atoms with Gasteiger partial charge in [-0.2, -0.15) is 0 Å². The van der Waals surface area contributed by atoms with E-state index in [1.807, 2.05) is 19.9 Å². The fraction of sp³-hybridized carbons (Fsp3) is 0.353. The van der Waals surface area contributed by atoms with Crippen molar-refractivity contribution in [1.82, 2.24) is 9.97 Å². The second-order valence-corrected chi connectivity index (χ2v) is 5.66. The molecule has 0 bridgehead atoms. The predicted octanol–water partition coefficient (Wildman–Crippen LogP) is 3.38. The minimum atomic E-state index is -0.236. The van der Waals surface area contributed by atoms with Gasteiger partial charge in [-0.1, -0.05) is 13.8 Å². The molecule has 0 unspecified atom stereocenters. The summed E-state index contributed by atoms with van der Waals surface area (Å²) in [6, 6.07) is 8.90. The molecular formula is C17H21N3O2. The molecule has 1 aromatic carbocycles. The fourth-order valence-electron chi connectivity index (χ4n) is 1.92. The van der Waals surface area contributed by atoms with Crippen molar-refractivity contribution in [3.8, 4) is 5.75 Å². The molecule has 1 amide bonds. The lowest BCUT2D eigenvalue weighted by atomic mass is 10.2. The maximum Gasteiger partial charge on any atom is 0.258 e. The molecule has 0 aliphatic rings. The molecule has 116 valence electrons. The maximum absolute atomic E-state index is 12.2. The molecule has 2 rings (SSSR count). The molecule has 1 N–H and O–H groups in total. The number of anilines is 1. The number of amides is 1. The number of ether oxygens (including phenoxy) is 1. The molecule has 5 heteroatoms. The summed E-state index contributed by atoms with van der Waals surface area (Å²) in [5.41, 5.74) is 2.18. The minimum Gasteiger partial charge on any atom is -0.493 e. The van der Waals surface area contributed by atoms with E-state index < -0.39 is 0 Å². The number of rotatable bonds is 5. The smallest absolute Gasteiger partial charge is 0.258 e. The number of carbonyl (C=O) groups is 1. The first-order chi connectivity index (χ1) is 10.4. The highest BCUT2D eigenvalue weighted by Crippen LogP contribution is 2.14. The Hall–Kier alpha value is -2.43. The van der Waals surface area contributed by atoms with Crippen LogP contribution >= 0.6 is 0 Å². The first-order valence-electron chi connectivity index (χ1n) is 7.30. The van der Waals surface area contributed by atoms with Crippen molar-refractivity contribution in [2.24, 2.45) is 5.92 Å². The topological polar surface area (TPSA) is 64.1 Å². The molecule has 0 saturated heterocycles. The number of nitrogens with one attached hydrogen (secondary N) is 1. The normalized spacial score (nSPS) is 10.6. The summed E-state index contributed by atoms with van der Waals surface area (Å²) in [7, 11) is 0. The van der Waals surface area contributed by atoms with E-state index in [1.54, 1.807) is 24.3 Å². The number of nitrogens with zero attached hydrogens (tertiary/aromatic N) is 2. The third kappa shape index (κ3) is 4.55. The molecule has 2 aromatic rings. The Labute approximate surface area is 130 Å². The number of hydrogen-bond donors (Lipinski definition) is 1. The molecule has 0 aliphatic carbocycles. The van der Waals surface area contributed by atoms with Gasteiger partial charge in [0, 0.05) is 17.0 Å². The zero-order valence-corrected chi connectivity index (χ0v) is 13.4. The maximum atomic E-state index is 12.2. The molecule has 1 aromatic heterocycles. The van der Waals surface area contributed by atoms with Gasteiger partial charge in [-0.25, -0.2) is 9.97 Å². The Kier molecular flexibility index (Phi) is 5.09. The van der Waals surface area contributed by atoms with Crippen LogP contribution in [0.5, 0.6) is 5.75 Å². The molecule has 0 atom stereocenters. The highest BCUT2D eigenvalue weighted by atomic mass is 16.5. The lowest BCUT2D eigenvalue weighted by Gasteiger charge is -2.09. The summed E-state index contributed by atoms with van der Waals surface area (Å²) in [5.74, 6) is 1.31. The summed E-state index contributed by atoms with van der Waals surface area (Å²) in [5, 5.41) is 2.71. The molecule has 0 aliphatic heterocycles. The van der Waals surface area contributed by atoms with Crippen LogP contribution in [0.1, 0.15) is 35.6 Å². The molecular weight excluding hydrogens is 278 g/mol. The molecule has 0 saturated carbocycles. The standard InChI is InChI=1S/C17H21N3O2/c1-11(2)10-22-15-7-5-14(6-8-15)16(21)20-17-18-12(3)9-13(4)19-17/h5-9,11H,10H2,1-4H3,(H,18,19,20,21). The second kappa shape index (κ2) is 7.02. The van der Waals surface area contributed by atoms with Gasteiger partial charge in [-0.05, 0) is 50.1 Å². The predicted molar refractivity (Wildman–Crippen MR) is 86.2 cm³/mol. The first kappa shape index (κ1) is 15.9. The van der Waals surface area contributed by atoms with Crippen LogP contribution in [0.2, 0.25) is 0 Å². The summed E-state index contributed by atoms with van der Waals surface area (Å²) >= 11 is 0. The third-order valence-corrected chi connectivity index (χ3v) is 2.91. The second-order valence-electron chi connectivity index (χ2n) is 5.66. The van der Waals surface area contributed by atoms with E-state index in [9.17, 15) is 4.79 Å². The Morgan fingerprint density at radius 1 is 1.14 bits per heavy atom. The van der Waals surface area contributed by atoms with Gasteiger partial charge in [0.05, 0.1) is 6.61 Å². The molecule has 5 nitrogen and oxygen atoms in total. The van der Waals surface area contributed by atoms with Crippen molar-refractivity contribution in [3.05, 3.63) is 47.3 Å². The van der Waals surface area contributed by atoms with E-state index >= 15 is 0 Å². The van der Waals surface area contributed by atoms with Gasteiger partial charge in [0.25, 0.3) is 5.91 Å². The SMILES string of the molecule is Cc1cc(C)nc(NC(=O)c2ccc(OCC(C)C)cc2)n1. The van der Waals surface area contributed by atoms with E-state index in [2.05, 4.69) is 29.1 Å². The molecule has 22 heavy (non-hydrogen) atoms. The number of benzene rings is 1. The van der Waals surface area contributed by atoms with Crippen molar-refractivity contribution >= 4 is 11.9 Å². The molecule has 0 radical (unpaired) electrons. The average Bonchev–Trinajstić information content (AvgIpc) is 2.44. The summed E-state index contributed by atoms with van der Waals surface area (Å²) in [6.45, 7) is 8.57. The van der Waals surface area contributed by atoms with Gasteiger partial charge < -0.3 is 4.74 Å². The van der Waals surface area contributed by atoms with E-state index in [4.69, 9.17) is 4.74 Å². The van der Waals surface area contributed by atoms with Crippen LogP contribution in [0.3, 0.4) is 0 Å². The fourth-order valence-corrected chi connectivity index (χ4v) is 1.92. The Bertz CT molecular complexity index is 631. The monoisotopic (exact) mass is 299 g/mol. The van der Waals surface area contributed by atoms with Crippen molar-refractivity contribution < 1.29 is 9.53 Å². The highest BCUT2D eigenvalue weighted by Gasteiger charge is 2.09. The van der Waals surface area contributed by atoms with Crippen LogP contribution in [0.25, 0.3) is 0 Å². The van der Waals surface area contributed by atoms with Crippen molar-refractivity contribution in [2.75, 3.05) is 11.9 Å². The van der Waals surface area contributed by atoms with E-state index in [0.29, 0.717) is 24.0 Å². The largest absolute Gasteiger partial charge is 0.493 e. The number of aryl methyl sites for hydroxylation is 2. The van der Waals surface area contributed by atoms with E-state index in [1.165, 1.54) is 0 Å². The van der Waals surface area contributed by atoms with Gasteiger partial charge in [0.2, 0.25) is 5.95 Å². The van der Waals surface area contributed by atoms with Crippen LogP contribution in [0, 0.1) is 19.8 Å². The lowest BCUT2D eigenvalue weighted by Crippen LogP contribution is -2.15. The van der Waals surface area contributed by atoms with Crippen LogP contribution in [-0.4, -0.2) is 22.5 Å². The number of hydrogen-bond acceptors (Lipinski definition) is 4. The quantitative estimate of drug-likeness (QED) is 0.919. The minimum absolute atomic E-state index is 0.236. The zero-order valence-electron chi connectivity index (χ0n) is 13.4. The van der Waals surface area contributed by atoms with Crippen molar-refractivity contribution in [3.63, 3.8) is 0 Å². The summed E-state index contributed by atoms with van der Waals surface area (Å²) < 4.78 is 5.60. The van der Waals surface area contributed by atoms with Crippen molar-refractivity contribution in [1.29, 1.82) is 0 Å². The van der Waals surface area contributed by atoms with Crippen LogP contribution in [0.4, 0.5) is 5.95 Å². The van der Waals surface area contributed by atoms with Gasteiger partial charge in [0.15, 0.2) is 0 Å². The number of aromatic nitrogens is 2. The average molecular weight is 299 g/mol. The van der Waals surface area contributed by atoms with Crippen LogP contribution in [-0.2, 0) is 0 Å². The van der Waals surface area contributed by atoms with E-state index in [-0.39, 0.29) is 5.91 Å². The van der Waals surface area contributed by atoms with Crippen LogP contribution < -0.4 is 10.1 Å². The van der Waals surface area contributed by atoms with Gasteiger partial charge in [-0.15, -0.1) is 0 Å². The molecule has 1 heterocycles. The van der Waals surface area contributed by atoms with Gasteiger partial charge >= 0.3 is 0 Å². The highest BCUT2D eigenvalue weighted by molar-refractivity contribution is 6.03. The van der Waals surface area contributed by atoms with Crippen molar-refractivity contribution in [2.45, 2.75) is 27.7 Å². The number of carbonyl (C=O) groups excluding carboxylic acids is 1. The van der Waals surface area contributed by atoms with Gasteiger partial charge in [-0.3, -0.25) is 10.1 Å². The zero-order chi connectivity index (χ0) is 16.1. The van der Waals surface area contributed by atoms with Crippen LogP contribution in [0.15, 0.2) is 30.3 Å². The summed E-state index contributed by atoms with van der Waals surface area (Å²) in [6.07, 6.45) is 0. The third-order valence-electron chi connectivity index (χ3n) is 2.91. The molecule has 0 spiro atoms. The molecule has 0 fully saturated rings. The Balaban J connectivity index is 2.03. The Morgan fingerprint density at radius 3 is 2.27 bits per heavy atom. The first-order valence-corrected chi connectivity index (χ1v) is 7.30. The van der Waals surface area contributed by atoms with E-state index in [0.717, 1.165) is 17.1 Å².